The van der Waals surface area contributed by atoms with Crippen molar-refractivity contribution in [2.24, 2.45) is 0 Å². The molecule has 2 heterocycles. The molecule has 1 fully saturated rings. The number of methoxy groups -OCH3 is 1. The van der Waals surface area contributed by atoms with Gasteiger partial charge in [-0.25, -0.2) is 4.79 Å². The highest BCUT2D eigenvalue weighted by molar-refractivity contribution is 6.74. The van der Waals surface area contributed by atoms with E-state index in [2.05, 4.69) is 96.3 Å². The highest BCUT2D eigenvalue weighted by Crippen LogP contribution is 2.39. The van der Waals surface area contributed by atoms with Crippen LogP contribution in [0.25, 0.3) is 0 Å². The molecule has 5 nitrogen and oxygen atoms in total. The largest absolute Gasteiger partial charge is 0.459 e. The molecule has 3 atom stereocenters. The van der Waals surface area contributed by atoms with Crippen molar-refractivity contribution in [3.63, 3.8) is 0 Å². The van der Waals surface area contributed by atoms with Gasteiger partial charge in [0.15, 0.2) is 14.1 Å². The molecular formula is C37H56O5Si. The van der Waals surface area contributed by atoms with Gasteiger partial charge in [0.25, 0.3) is 0 Å². The van der Waals surface area contributed by atoms with Gasteiger partial charge in [-0.15, -0.1) is 0 Å². The van der Waals surface area contributed by atoms with Crippen molar-refractivity contribution >= 4 is 14.3 Å². The first-order chi connectivity index (χ1) is 20.3. The van der Waals surface area contributed by atoms with Crippen LogP contribution in [0.1, 0.15) is 91.5 Å². The van der Waals surface area contributed by atoms with Crippen LogP contribution in [-0.4, -0.2) is 46.0 Å². The van der Waals surface area contributed by atoms with Crippen LogP contribution < -0.4 is 0 Å². The molecule has 0 aliphatic carbocycles. The van der Waals surface area contributed by atoms with Gasteiger partial charge in [-0.1, -0.05) is 92.1 Å². The van der Waals surface area contributed by atoms with Crippen molar-refractivity contribution in [3.05, 3.63) is 83.0 Å². The first kappa shape index (κ1) is 35.2. The van der Waals surface area contributed by atoms with Crippen LogP contribution in [-0.2, 0) is 29.9 Å². The molecule has 0 saturated carbocycles. The summed E-state index contributed by atoms with van der Waals surface area (Å²) in [4.78, 5) is 13.3. The van der Waals surface area contributed by atoms with Crippen molar-refractivity contribution in [2.45, 2.75) is 129 Å². The highest BCUT2D eigenvalue weighted by Gasteiger charge is 2.43. The molecule has 1 saturated heterocycles. The summed E-state index contributed by atoms with van der Waals surface area (Å²) in [5.41, 5.74) is 4.92. The summed E-state index contributed by atoms with van der Waals surface area (Å²) in [7, 11) is -0.140. The lowest BCUT2D eigenvalue weighted by atomic mass is 9.90. The van der Waals surface area contributed by atoms with Crippen LogP contribution in [0.5, 0.6) is 0 Å². The average Bonchev–Trinajstić information content (AvgIpc) is 2.94. The number of benzene rings is 1. The van der Waals surface area contributed by atoms with Gasteiger partial charge in [0.05, 0.1) is 6.10 Å². The molecule has 0 spiro atoms. The molecule has 1 aromatic carbocycles. The van der Waals surface area contributed by atoms with Gasteiger partial charge in [0.1, 0.15) is 6.10 Å². The van der Waals surface area contributed by atoms with Crippen LogP contribution >= 0.6 is 0 Å². The van der Waals surface area contributed by atoms with E-state index in [1.54, 1.807) is 13.2 Å². The van der Waals surface area contributed by atoms with Gasteiger partial charge in [0, 0.05) is 39.1 Å². The standard InChI is InChI=1S/C37H56O5Si/c1-29(19-20-31-16-12-10-13-17-31)21-23-37(39-6)28-34-27-33(42-37)25-30(2)15-11-9-14-18-32(26-35(38)41-34)22-24-40-43(7,8)36(3,4)5/h9-10,12-17,19,26,33-34H,11,18,20-25,27-28H2,1-8H3/b14-9+,29-19+,30-15+,32-26+/t33-,34-,37+/m1/s1. The molecule has 6 heteroatoms. The third-order valence-corrected chi connectivity index (χ3v) is 13.8. The average molecular weight is 609 g/mol. The maximum Gasteiger partial charge on any atom is 0.330 e. The van der Waals surface area contributed by atoms with Gasteiger partial charge in [-0.3, -0.25) is 0 Å². The second-order valence-electron chi connectivity index (χ2n) is 13.9. The van der Waals surface area contributed by atoms with E-state index < -0.39 is 14.1 Å². The third kappa shape index (κ3) is 11.6. The lowest BCUT2D eigenvalue weighted by Crippen LogP contribution is -2.48. The van der Waals surface area contributed by atoms with Crippen molar-refractivity contribution in [1.82, 2.24) is 0 Å². The van der Waals surface area contributed by atoms with Gasteiger partial charge in [-0.2, -0.15) is 0 Å². The summed E-state index contributed by atoms with van der Waals surface area (Å²) in [6.45, 7) is 16.2. The second-order valence-corrected chi connectivity index (χ2v) is 18.7. The molecule has 238 valence electrons. The summed E-state index contributed by atoms with van der Waals surface area (Å²) < 4.78 is 25.3. The van der Waals surface area contributed by atoms with Crippen molar-refractivity contribution in [1.29, 1.82) is 0 Å². The minimum absolute atomic E-state index is 0.0790. The number of rotatable bonds is 10. The van der Waals surface area contributed by atoms with E-state index in [1.807, 2.05) is 6.07 Å². The van der Waals surface area contributed by atoms with E-state index in [1.165, 1.54) is 16.7 Å². The number of esters is 1. The minimum atomic E-state index is -1.86. The van der Waals surface area contributed by atoms with Gasteiger partial charge < -0.3 is 18.6 Å². The van der Waals surface area contributed by atoms with Crippen LogP contribution in [0, 0.1) is 0 Å². The van der Waals surface area contributed by atoms with Crippen molar-refractivity contribution < 1.29 is 23.4 Å². The number of carbonyl (C=O) groups is 1. The normalized spacial score (nSPS) is 27.7. The Morgan fingerprint density at radius 3 is 2.58 bits per heavy atom. The summed E-state index contributed by atoms with van der Waals surface area (Å²) in [5, 5.41) is 0.150. The smallest absolute Gasteiger partial charge is 0.330 e. The molecule has 0 amide bonds. The molecule has 2 bridgehead atoms. The SMILES string of the molecule is CO[C@]1(CC/C(C)=C/Cc2ccccc2)C[C@H]2C[C@@H](C/C(C)=C/C/C=C/C/C(CCO[Si](C)(C)C(C)(C)C)=C\C(=O)O2)O1. The summed E-state index contributed by atoms with van der Waals surface area (Å²) in [6, 6.07) is 10.5. The molecule has 0 N–H and O–H groups in total. The van der Waals surface area contributed by atoms with E-state index in [0.29, 0.717) is 32.3 Å². The highest BCUT2D eigenvalue weighted by atomic mass is 28.4. The number of carbonyl (C=O) groups excluding carboxylic acids is 1. The minimum Gasteiger partial charge on any atom is -0.459 e. The maximum absolute atomic E-state index is 13.3. The van der Waals surface area contributed by atoms with Crippen LogP contribution in [0.3, 0.4) is 0 Å². The fraction of sp³-hybridized carbons (Fsp3) is 0.595. The van der Waals surface area contributed by atoms with E-state index in [0.717, 1.165) is 37.7 Å². The fourth-order valence-electron chi connectivity index (χ4n) is 5.42. The van der Waals surface area contributed by atoms with E-state index >= 15 is 0 Å². The first-order valence-corrected chi connectivity index (χ1v) is 19.0. The molecule has 2 aliphatic rings. The lowest BCUT2D eigenvalue weighted by Gasteiger charge is -2.43. The summed E-state index contributed by atoms with van der Waals surface area (Å²) in [6.07, 6.45) is 17.0. The van der Waals surface area contributed by atoms with Gasteiger partial charge >= 0.3 is 5.97 Å². The van der Waals surface area contributed by atoms with Gasteiger partial charge in [0.2, 0.25) is 0 Å². The maximum atomic E-state index is 13.3. The Hall–Kier alpha value is -2.25. The number of hydrogen-bond acceptors (Lipinski definition) is 5. The van der Waals surface area contributed by atoms with E-state index in [4.69, 9.17) is 18.6 Å². The Morgan fingerprint density at radius 2 is 1.88 bits per heavy atom. The molecule has 0 unspecified atom stereocenters. The van der Waals surface area contributed by atoms with Crippen LogP contribution in [0.4, 0.5) is 0 Å². The summed E-state index contributed by atoms with van der Waals surface area (Å²) in [5.74, 6) is -1.08. The van der Waals surface area contributed by atoms with E-state index in [-0.39, 0.29) is 23.2 Å². The zero-order valence-corrected chi connectivity index (χ0v) is 29.0. The molecular weight excluding hydrogens is 552 g/mol. The molecule has 0 radical (unpaired) electrons. The molecule has 2 aliphatic heterocycles. The summed E-state index contributed by atoms with van der Waals surface area (Å²) >= 11 is 0. The lowest BCUT2D eigenvalue weighted by molar-refractivity contribution is -0.288. The molecule has 3 rings (SSSR count). The Balaban J connectivity index is 1.73. The quantitative estimate of drug-likeness (QED) is 0.150. The molecule has 1 aromatic rings. The number of fused-ring (bicyclic) bond motifs is 2. The Labute approximate surface area is 262 Å². The predicted octanol–water partition coefficient (Wildman–Crippen LogP) is 9.41. The van der Waals surface area contributed by atoms with Gasteiger partial charge in [-0.05, 0) is 76.1 Å². The molecule has 0 aromatic heterocycles. The molecule has 43 heavy (non-hydrogen) atoms. The number of allylic oxidation sites excluding steroid dienone is 5. The van der Waals surface area contributed by atoms with Crippen LogP contribution in [0.2, 0.25) is 18.1 Å². The zero-order valence-electron chi connectivity index (χ0n) is 28.0. The van der Waals surface area contributed by atoms with Crippen molar-refractivity contribution in [3.8, 4) is 0 Å². The third-order valence-electron chi connectivity index (χ3n) is 9.24. The Morgan fingerprint density at radius 1 is 1.14 bits per heavy atom. The monoisotopic (exact) mass is 608 g/mol. The Kier molecular flexibility index (Phi) is 13.2. The zero-order chi connectivity index (χ0) is 31.5. The second kappa shape index (κ2) is 16.2. The van der Waals surface area contributed by atoms with E-state index in [9.17, 15) is 4.79 Å². The van der Waals surface area contributed by atoms with Crippen LogP contribution in [0.15, 0.2) is 77.4 Å². The number of ether oxygens (including phenoxy) is 3. The topological polar surface area (TPSA) is 54.0 Å². The Bertz CT molecular complexity index is 1160. The van der Waals surface area contributed by atoms with Crippen molar-refractivity contribution in [2.75, 3.05) is 13.7 Å². The fourth-order valence-corrected chi connectivity index (χ4v) is 6.47. The predicted molar refractivity (Wildman–Crippen MR) is 179 cm³/mol. The first-order valence-electron chi connectivity index (χ1n) is 16.1. The number of hydrogen-bond donors (Lipinski definition) is 0.